The van der Waals surface area contributed by atoms with Crippen molar-refractivity contribution >= 4 is 29.9 Å². The Morgan fingerprint density at radius 2 is 2.13 bits per heavy atom. The van der Waals surface area contributed by atoms with Crippen LogP contribution >= 0.6 is 24.0 Å². The van der Waals surface area contributed by atoms with Gasteiger partial charge in [0.1, 0.15) is 11.9 Å². The summed E-state index contributed by atoms with van der Waals surface area (Å²) in [7, 11) is 3.97. The first-order valence-corrected chi connectivity index (χ1v) is 10.1. The van der Waals surface area contributed by atoms with E-state index in [4.69, 9.17) is 9.73 Å². The predicted octanol–water partition coefficient (Wildman–Crippen LogP) is 2.65. The molecule has 1 aromatic carbocycles. The minimum atomic E-state index is -0.202. The van der Waals surface area contributed by atoms with Gasteiger partial charge in [0, 0.05) is 45.0 Å². The number of nitrogens with zero attached hydrogens (tertiary/aromatic N) is 5. The zero-order chi connectivity index (χ0) is 20.6. The van der Waals surface area contributed by atoms with Gasteiger partial charge in [-0.25, -0.2) is 4.39 Å². The Labute approximate surface area is 195 Å². The number of rotatable bonds is 7. The Hall–Kier alpha value is -1.72. The normalized spacial score (nSPS) is 17.2. The lowest BCUT2D eigenvalue weighted by Crippen LogP contribution is -2.48. The van der Waals surface area contributed by atoms with E-state index in [2.05, 4.69) is 34.2 Å². The van der Waals surface area contributed by atoms with Crippen molar-refractivity contribution in [2.75, 3.05) is 46.4 Å². The summed E-state index contributed by atoms with van der Waals surface area (Å²) < 4.78 is 20.8. The van der Waals surface area contributed by atoms with E-state index in [9.17, 15) is 4.39 Å². The van der Waals surface area contributed by atoms with E-state index in [1.807, 2.05) is 31.6 Å². The summed E-state index contributed by atoms with van der Waals surface area (Å²) >= 11 is 0. The maximum absolute atomic E-state index is 13.0. The molecule has 1 aromatic heterocycles. The average Bonchev–Trinajstić information content (AvgIpc) is 3.16. The van der Waals surface area contributed by atoms with Crippen LogP contribution in [0.4, 0.5) is 4.39 Å². The molecule has 1 saturated heterocycles. The highest BCUT2D eigenvalue weighted by Crippen LogP contribution is 2.21. The number of hydrogen-bond donors (Lipinski definition) is 1. The lowest BCUT2D eigenvalue weighted by Gasteiger charge is -2.35. The van der Waals surface area contributed by atoms with E-state index in [1.165, 1.54) is 12.1 Å². The molecule has 2 heterocycles. The van der Waals surface area contributed by atoms with Gasteiger partial charge in [0.2, 0.25) is 0 Å². The summed E-state index contributed by atoms with van der Waals surface area (Å²) in [6.07, 6.45) is 3.87. The summed E-state index contributed by atoms with van der Waals surface area (Å²) in [4.78, 5) is 9.27. The number of guanidine groups is 1. The van der Waals surface area contributed by atoms with Gasteiger partial charge in [-0.3, -0.25) is 9.67 Å². The van der Waals surface area contributed by atoms with E-state index in [1.54, 1.807) is 4.68 Å². The number of morpholine rings is 1. The van der Waals surface area contributed by atoms with Crippen LogP contribution in [0.25, 0.3) is 0 Å². The summed E-state index contributed by atoms with van der Waals surface area (Å²) in [5.74, 6) is 0.714. The van der Waals surface area contributed by atoms with Crippen LogP contribution in [0.2, 0.25) is 0 Å². The molecule has 3 rings (SSSR count). The molecule has 1 aliphatic rings. The minimum Gasteiger partial charge on any atom is -0.370 e. The van der Waals surface area contributed by atoms with E-state index >= 15 is 0 Å². The predicted molar refractivity (Wildman–Crippen MR) is 128 cm³/mol. The molecule has 1 aliphatic heterocycles. The van der Waals surface area contributed by atoms with Crippen molar-refractivity contribution in [1.82, 2.24) is 24.9 Å². The minimum absolute atomic E-state index is 0. The molecule has 0 saturated carbocycles. The maximum atomic E-state index is 13.0. The monoisotopic (exact) mass is 530 g/mol. The van der Waals surface area contributed by atoms with Crippen molar-refractivity contribution in [3.63, 3.8) is 0 Å². The van der Waals surface area contributed by atoms with Crippen molar-refractivity contribution in [2.45, 2.75) is 19.6 Å². The number of aromatic nitrogens is 2. The molecule has 1 N–H and O–H groups in total. The Bertz CT molecular complexity index is 797. The fourth-order valence-corrected chi connectivity index (χ4v) is 3.38. The number of nitrogens with one attached hydrogen (secondary N) is 1. The molecule has 1 fully saturated rings. The second-order valence-corrected chi connectivity index (χ2v) is 7.35. The molecule has 0 aliphatic carbocycles. The Morgan fingerprint density at radius 3 is 2.80 bits per heavy atom. The molecule has 1 atom stereocenters. The van der Waals surface area contributed by atoms with Gasteiger partial charge in [-0.1, -0.05) is 12.1 Å². The number of ether oxygens (including phenoxy) is 1. The molecule has 1 unspecified atom stereocenters. The highest BCUT2D eigenvalue weighted by molar-refractivity contribution is 14.0. The Morgan fingerprint density at radius 1 is 1.37 bits per heavy atom. The molecule has 7 nitrogen and oxygen atoms in total. The number of likely N-dealkylation sites (N-methyl/N-ethyl adjacent to an activating group) is 1. The average molecular weight is 530 g/mol. The van der Waals surface area contributed by atoms with E-state index in [0.29, 0.717) is 13.2 Å². The highest BCUT2D eigenvalue weighted by atomic mass is 127. The van der Waals surface area contributed by atoms with Crippen molar-refractivity contribution in [1.29, 1.82) is 0 Å². The van der Waals surface area contributed by atoms with Crippen LogP contribution in [-0.4, -0.2) is 71.9 Å². The van der Waals surface area contributed by atoms with Crippen LogP contribution < -0.4 is 5.32 Å². The number of halogens is 2. The zero-order valence-electron chi connectivity index (χ0n) is 17.9. The smallest absolute Gasteiger partial charge is 0.194 e. The highest BCUT2D eigenvalue weighted by Gasteiger charge is 2.25. The molecule has 166 valence electrons. The first-order valence-electron chi connectivity index (χ1n) is 10.1. The second-order valence-electron chi connectivity index (χ2n) is 7.35. The summed E-state index contributed by atoms with van der Waals surface area (Å²) in [5, 5.41) is 7.65. The third kappa shape index (κ3) is 7.21. The lowest BCUT2D eigenvalue weighted by molar-refractivity contribution is -0.00805. The van der Waals surface area contributed by atoms with Crippen molar-refractivity contribution in [2.24, 2.45) is 12.0 Å². The van der Waals surface area contributed by atoms with Gasteiger partial charge in [0.25, 0.3) is 0 Å². The number of hydrogen-bond acceptors (Lipinski definition) is 4. The van der Waals surface area contributed by atoms with Gasteiger partial charge in [-0.15, -0.1) is 24.0 Å². The Balaban J connectivity index is 0.00000320. The van der Waals surface area contributed by atoms with E-state index < -0.39 is 0 Å². The van der Waals surface area contributed by atoms with Gasteiger partial charge in [0.05, 0.1) is 25.9 Å². The quantitative estimate of drug-likeness (QED) is 0.339. The second kappa shape index (κ2) is 12.2. The first kappa shape index (κ1) is 24.5. The molecule has 2 aromatic rings. The van der Waals surface area contributed by atoms with Crippen LogP contribution in [0.5, 0.6) is 0 Å². The zero-order valence-corrected chi connectivity index (χ0v) is 20.3. The van der Waals surface area contributed by atoms with Crippen molar-refractivity contribution < 1.29 is 9.13 Å². The summed E-state index contributed by atoms with van der Waals surface area (Å²) in [5.41, 5.74) is 2.18. The Kier molecular flexibility index (Phi) is 9.99. The van der Waals surface area contributed by atoms with Gasteiger partial charge >= 0.3 is 0 Å². The molecule has 0 spiro atoms. The molecule has 0 radical (unpaired) electrons. The SMILES string of the molecule is CCNC(=NCCN(C)Cc1ccc(F)cc1)N1CCOC(c2cnn(C)c2)C1.I. The maximum Gasteiger partial charge on any atom is 0.194 e. The molecule has 0 bridgehead atoms. The van der Waals surface area contributed by atoms with Crippen molar-refractivity contribution in [3.05, 3.63) is 53.6 Å². The topological polar surface area (TPSA) is 57.9 Å². The largest absolute Gasteiger partial charge is 0.370 e. The molecular formula is C21H32FIN6O. The summed E-state index contributed by atoms with van der Waals surface area (Å²) in [6.45, 7) is 7.41. The van der Waals surface area contributed by atoms with Gasteiger partial charge in [-0.05, 0) is 31.7 Å². The number of aryl methyl sites for hydroxylation is 1. The van der Waals surface area contributed by atoms with Crippen LogP contribution in [0, 0.1) is 5.82 Å². The van der Waals surface area contributed by atoms with Crippen LogP contribution in [0.15, 0.2) is 41.7 Å². The standard InChI is InChI=1S/C21H31FN6O.HI/c1-4-23-21(24-9-10-26(2)14-17-5-7-19(22)8-6-17)28-11-12-29-20(16-28)18-13-25-27(3)15-18;/h5-8,13,15,20H,4,9-12,14,16H2,1-3H3,(H,23,24);1H. The molecule has 30 heavy (non-hydrogen) atoms. The first-order chi connectivity index (χ1) is 14.0. The number of benzene rings is 1. The van der Waals surface area contributed by atoms with Crippen LogP contribution in [0.1, 0.15) is 24.2 Å². The van der Waals surface area contributed by atoms with Crippen molar-refractivity contribution in [3.8, 4) is 0 Å². The van der Waals surface area contributed by atoms with Gasteiger partial charge in [-0.2, -0.15) is 5.10 Å². The molecular weight excluding hydrogens is 498 g/mol. The third-order valence-electron chi connectivity index (χ3n) is 4.91. The van der Waals surface area contributed by atoms with Gasteiger partial charge < -0.3 is 19.9 Å². The van der Waals surface area contributed by atoms with E-state index in [-0.39, 0.29) is 35.9 Å². The van der Waals surface area contributed by atoms with Gasteiger partial charge in [0.15, 0.2) is 5.96 Å². The molecule has 9 heteroatoms. The molecule has 0 amide bonds. The third-order valence-corrected chi connectivity index (χ3v) is 4.91. The van der Waals surface area contributed by atoms with Crippen LogP contribution in [0.3, 0.4) is 0 Å². The number of aliphatic imine (C=N–C) groups is 1. The summed E-state index contributed by atoms with van der Waals surface area (Å²) in [6, 6.07) is 6.65. The fraction of sp³-hybridized carbons (Fsp3) is 0.524. The lowest BCUT2D eigenvalue weighted by atomic mass is 10.1. The fourth-order valence-electron chi connectivity index (χ4n) is 3.38. The van der Waals surface area contributed by atoms with E-state index in [0.717, 1.165) is 49.8 Å². The van der Waals surface area contributed by atoms with Crippen LogP contribution in [-0.2, 0) is 18.3 Å².